The molecule has 1 aliphatic heterocycles. The fourth-order valence-corrected chi connectivity index (χ4v) is 2.16. The number of carbonyl (C=O) groups is 1. The zero-order chi connectivity index (χ0) is 12.4. The van der Waals surface area contributed by atoms with E-state index in [-0.39, 0.29) is 0 Å². The minimum atomic E-state index is -0.835. The quantitative estimate of drug-likeness (QED) is 0.859. The number of aliphatic carboxylic acids is 1. The highest BCUT2D eigenvalue weighted by Gasteiger charge is 2.26. The van der Waals surface area contributed by atoms with Crippen LogP contribution in [-0.4, -0.2) is 27.7 Å². The first-order valence-corrected chi connectivity index (χ1v) is 5.80. The van der Waals surface area contributed by atoms with E-state index in [9.17, 15) is 9.90 Å². The Bertz CT molecular complexity index is 446. The fraction of sp³-hybridized carbons (Fsp3) is 0.583. The number of ether oxygens (including phenoxy) is 1. The maximum atomic E-state index is 11.2. The van der Waals surface area contributed by atoms with Gasteiger partial charge in [0.25, 0.3) is 0 Å². The number of carboxylic acid groups (broad SMARTS) is 1. The average Bonchev–Trinajstić information content (AvgIpc) is 2.29. The molecule has 2 heterocycles. The van der Waals surface area contributed by atoms with Crippen molar-refractivity contribution in [1.29, 1.82) is 0 Å². The summed E-state index contributed by atoms with van der Waals surface area (Å²) in [7, 11) is 0. The summed E-state index contributed by atoms with van der Waals surface area (Å²) in [5.74, 6) is -0.758. The van der Waals surface area contributed by atoms with E-state index in [1.165, 1.54) is 0 Å². The van der Waals surface area contributed by atoms with E-state index >= 15 is 0 Å². The lowest BCUT2D eigenvalue weighted by Crippen LogP contribution is -2.21. The molecule has 0 radical (unpaired) electrons. The van der Waals surface area contributed by atoms with Crippen molar-refractivity contribution in [3.8, 4) is 0 Å². The zero-order valence-corrected chi connectivity index (χ0v) is 10.1. The van der Waals surface area contributed by atoms with E-state index in [1.807, 2.05) is 6.92 Å². The molecule has 1 N–H and O–H groups in total. The molecule has 1 atom stereocenters. The fourth-order valence-electron chi connectivity index (χ4n) is 2.16. The summed E-state index contributed by atoms with van der Waals surface area (Å²) in [6, 6.07) is 0. The van der Waals surface area contributed by atoms with Gasteiger partial charge in [-0.3, -0.25) is 4.79 Å². The molecule has 0 aliphatic carbocycles. The maximum absolute atomic E-state index is 11.2. The molecule has 1 aromatic rings. The Hall–Kier alpha value is -1.49. The first kappa shape index (κ1) is 12.0. The summed E-state index contributed by atoms with van der Waals surface area (Å²) < 4.78 is 5.38. The van der Waals surface area contributed by atoms with Crippen molar-refractivity contribution in [2.45, 2.75) is 39.2 Å². The topological polar surface area (TPSA) is 72.3 Å². The summed E-state index contributed by atoms with van der Waals surface area (Å²) in [5.41, 5.74) is 2.44. The molecule has 0 saturated carbocycles. The lowest BCUT2D eigenvalue weighted by Gasteiger charge is -2.21. The molecule has 0 spiro atoms. The Morgan fingerprint density at radius 2 is 2.29 bits per heavy atom. The molecule has 0 amide bonds. The zero-order valence-electron chi connectivity index (χ0n) is 10.1. The van der Waals surface area contributed by atoms with Crippen LogP contribution in [0.25, 0.3) is 0 Å². The lowest BCUT2D eigenvalue weighted by atomic mass is 9.95. The standard InChI is InChI=1S/C12H16N2O3/c1-3-8(12(15)16)11-9-6-17-5-4-10(9)13-7(2)14-11/h8H,3-6H2,1-2H3,(H,15,16). The smallest absolute Gasteiger partial charge is 0.312 e. The molecular weight excluding hydrogens is 220 g/mol. The minimum absolute atomic E-state index is 0.425. The summed E-state index contributed by atoms with van der Waals surface area (Å²) in [5, 5.41) is 9.22. The van der Waals surface area contributed by atoms with Crippen LogP contribution in [0.5, 0.6) is 0 Å². The van der Waals surface area contributed by atoms with Crippen molar-refractivity contribution in [3.05, 3.63) is 22.8 Å². The van der Waals surface area contributed by atoms with Crippen LogP contribution < -0.4 is 0 Å². The van der Waals surface area contributed by atoms with Gasteiger partial charge in [0.1, 0.15) is 5.82 Å². The van der Waals surface area contributed by atoms with Gasteiger partial charge < -0.3 is 9.84 Å². The molecule has 0 bridgehead atoms. The van der Waals surface area contributed by atoms with Gasteiger partial charge in [-0.15, -0.1) is 0 Å². The second-order valence-electron chi connectivity index (χ2n) is 4.18. The van der Waals surface area contributed by atoms with E-state index in [4.69, 9.17) is 4.74 Å². The Labute approximate surface area is 99.9 Å². The van der Waals surface area contributed by atoms with Crippen LogP contribution in [0, 0.1) is 6.92 Å². The highest BCUT2D eigenvalue weighted by atomic mass is 16.5. The molecule has 92 valence electrons. The number of rotatable bonds is 3. The molecule has 0 fully saturated rings. The first-order valence-electron chi connectivity index (χ1n) is 5.80. The number of aromatic nitrogens is 2. The van der Waals surface area contributed by atoms with Crippen molar-refractivity contribution in [1.82, 2.24) is 9.97 Å². The molecule has 1 unspecified atom stereocenters. The second-order valence-corrected chi connectivity index (χ2v) is 4.18. The Balaban J connectivity index is 2.51. The predicted molar refractivity (Wildman–Crippen MR) is 60.8 cm³/mol. The Morgan fingerprint density at radius 1 is 1.53 bits per heavy atom. The average molecular weight is 236 g/mol. The molecular formula is C12H16N2O3. The number of hydrogen-bond donors (Lipinski definition) is 1. The second kappa shape index (κ2) is 4.79. The lowest BCUT2D eigenvalue weighted by molar-refractivity contribution is -0.139. The van der Waals surface area contributed by atoms with E-state index in [1.54, 1.807) is 6.92 Å². The summed E-state index contributed by atoms with van der Waals surface area (Å²) in [6.07, 6.45) is 1.26. The molecule has 17 heavy (non-hydrogen) atoms. The summed E-state index contributed by atoms with van der Waals surface area (Å²) in [6.45, 7) is 4.72. The molecule has 0 saturated heterocycles. The Morgan fingerprint density at radius 3 is 2.94 bits per heavy atom. The van der Waals surface area contributed by atoms with Crippen LogP contribution in [-0.2, 0) is 22.6 Å². The van der Waals surface area contributed by atoms with E-state index in [2.05, 4.69) is 9.97 Å². The minimum Gasteiger partial charge on any atom is -0.481 e. The number of fused-ring (bicyclic) bond motifs is 1. The van der Waals surface area contributed by atoms with Crippen molar-refractivity contribution < 1.29 is 14.6 Å². The SMILES string of the molecule is CCC(C(=O)O)c1nc(C)nc2c1COCC2. The normalized spacial score (nSPS) is 16.4. The predicted octanol–water partition coefficient (Wildman–Crippen LogP) is 1.44. The van der Waals surface area contributed by atoms with Gasteiger partial charge in [-0.1, -0.05) is 6.92 Å². The van der Waals surface area contributed by atoms with Gasteiger partial charge in [0.05, 0.1) is 30.5 Å². The third-order valence-electron chi connectivity index (χ3n) is 3.00. The number of carboxylic acids is 1. The van der Waals surface area contributed by atoms with Gasteiger partial charge in [0, 0.05) is 12.0 Å². The largest absolute Gasteiger partial charge is 0.481 e. The maximum Gasteiger partial charge on any atom is 0.312 e. The third-order valence-corrected chi connectivity index (χ3v) is 3.00. The molecule has 1 aliphatic rings. The molecule has 2 rings (SSSR count). The van der Waals surface area contributed by atoms with Gasteiger partial charge in [-0.2, -0.15) is 0 Å². The monoisotopic (exact) mass is 236 g/mol. The van der Waals surface area contributed by atoms with Crippen LogP contribution in [0.4, 0.5) is 0 Å². The molecule has 5 nitrogen and oxygen atoms in total. The van der Waals surface area contributed by atoms with Gasteiger partial charge in [-0.05, 0) is 13.3 Å². The van der Waals surface area contributed by atoms with Gasteiger partial charge in [-0.25, -0.2) is 9.97 Å². The molecule has 1 aromatic heterocycles. The van der Waals surface area contributed by atoms with Crippen LogP contribution in [0.2, 0.25) is 0 Å². The van der Waals surface area contributed by atoms with Crippen LogP contribution in [0.15, 0.2) is 0 Å². The van der Waals surface area contributed by atoms with Crippen LogP contribution in [0.3, 0.4) is 0 Å². The van der Waals surface area contributed by atoms with Crippen LogP contribution in [0.1, 0.15) is 42.0 Å². The Kier molecular flexibility index (Phi) is 3.38. The third kappa shape index (κ3) is 2.29. The number of hydrogen-bond acceptors (Lipinski definition) is 4. The van der Waals surface area contributed by atoms with E-state index < -0.39 is 11.9 Å². The summed E-state index contributed by atoms with van der Waals surface area (Å²) in [4.78, 5) is 19.9. The number of aryl methyl sites for hydroxylation is 1. The molecule has 0 aromatic carbocycles. The van der Waals surface area contributed by atoms with Crippen LogP contribution >= 0.6 is 0 Å². The highest BCUT2D eigenvalue weighted by molar-refractivity contribution is 5.76. The van der Waals surface area contributed by atoms with Crippen molar-refractivity contribution in [2.75, 3.05) is 6.61 Å². The van der Waals surface area contributed by atoms with Gasteiger partial charge in [0.15, 0.2) is 0 Å². The van der Waals surface area contributed by atoms with E-state index in [0.717, 1.165) is 17.7 Å². The van der Waals surface area contributed by atoms with Crippen molar-refractivity contribution >= 4 is 5.97 Å². The first-order chi connectivity index (χ1) is 8.13. The van der Waals surface area contributed by atoms with Crippen molar-refractivity contribution in [2.24, 2.45) is 0 Å². The van der Waals surface area contributed by atoms with Crippen molar-refractivity contribution in [3.63, 3.8) is 0 Å². The molecule has 5 heteroatoms. The highest BCUT2D eigenvalue weighted by Crippen LogP contribution is 2.26. The van der Waals surface area contributed by atoms with Gasteiger partial charge >= 0.3 is 5.97 Å². The summed E-state index contributed by atoms with van der Waals surface area (Å²) >= 11 is 0. The van der Waals surface area contributed by atoms with E-state index in [0.29, 0.717) is 31.2 Å². The number of nitrogens with zero attached hydrogens (tertiary/aromatic N) is 2. The van der Waals surface area contributed by atoms with Gasteiger partial charge in [0.2, 0.25) is 0 Å².